The summed E-state index contributed by atoms with van der Waals surface area (Å²) in [6.45, 7) is 7.38. The summed E-state index contributed by atoms with van der Waals surface area (Å²) in [4.78, 5) is 21.9. The van der Waals surface area contributed by atoms with Gasteiger partial charge in [0.25, 0.3) is 0 Å². The average Bonchev–Trinajstić information content (AvgIpc) is 1.99. The summed E-state index contributed by atoms with van der Waals surface area (Å²) in [7, 11) is 0. The lowest BCUT2D eigenvalue weighted by molar-refractivity contribution is -0.308. The first-order chi connectivity index (χ1) is 6.82. The topological polar surface area (TPSA) is 81.3 Å². The van der Waals surface area contributed by atoms with Crippen molar-refractivity contribution in [3.63, 3.8) is 0 Å². The molecule has 0 aromatic carbocycles. The number of aliphatic carboxylic acids is 1. The lowest BCUT2D eigenvalue weighted by Gasteiger charge is -2.22. The van der Waals surface area contributed by atoms with E-state index in [1.807, 2.05) is 13.8 Å². The molecule has 0 aliphatic carbocycles. The Morgan fingerprint density at radius 1 is 1.13 bits per heavy atom. The molecule has 5 heteroatoms. The normalized spacial score (nSPS) is 12.7. The molecule has 0 heterocycles. The van der Waals surface area contributed by atoms with Crippen LogP contribution in [-0.4, -0.2) is 24.1 Å². The molecule has 5 nitrogen and oxygen atoms in total. The van der Waals surface area contributed by atoms with E-state index >= 15 is 0 Å². The SMILES string of the molecule is CC(C)C[C@H](NC(=O)NC(C)C)C(=O)[O-]. The molecule has 0 fully saturated rings. The zero-order valence-corrected chi connectivity index (χ0v) is 9.66. The van der Waals surface area contributed by atoms with E-state index in [0.717, 1.165) is 0 Å². The number of hydrogen-bond donors (Lipinski definition) is 2. The van der Waals surface area contributed by atoms with Crippen LogP contribution in [0, 0.1) is 5.92 Å². The van der Waals surface area contributed by atoms with Crippen LogP contribution in [-0.2, 0) is 4.79 Å². The Morgan fingerprint density at radius 2 is 1.67 bits per heavy atom. The van der Waals surface area contributed by atoms with Crippen molar-refractivity contribution in [3.8, 4) is 0 Å². The first-order valence-electron chi connectivity index (χ1n) is 5.10. The average molecular weight is 215 g/mol. The lowest BCUT2D eigenvalue weighted by atomic mass is 10.0. The van der Waals surface area contributed by atoms with Crippen molar-refractivity contribution in [2.24, 2.45) is 5.92 Å². The minimum absolute atomic E-state index is 0.0218. The van der Waals surface area contributed by atoms with Crippen LogP contribution in [0.3, 0.4) is 0 Å². The van der Waals surface area contributed by atoms with Gasteiger partial charge in [0.1, 0.15) is 0 Å². The summed E-state index contributed by atoms with van der Waals surface area (Å²) in [5.41, 5.74) is 0. The van der Waals surface area contributed by atoms with Crippen LogP contribution in [0.15, 0.2) is 0 Å². The number of hydrogen-bond acceptors (Lipinski definition) is 3. The van der Waals surface area contributed by atoms with Crippen LogP contribution in [0.2, 0.25) is 0 Å². The summed E-state index contributed by atoms with van der Waals surface area (Å²) in [5, 5.41) is 15.6. The van der Waals surface area contributed by atoms with Gasteiger partial charge in [-0.05, 0) is 26.2 Å². The largest absolute Gasteiger partial charge is 0.548 e. The van der Waals surface area contributed by atoms with E-state index in [9.17, 15) is 14.7 Å². The minimum Gasteiger partial charge on any atom is -0.548 e. The van der Waals surface area contributed by atoms with Crippen LogP contribution in [0.4, 0.5) is 4.79 Å². The third-order valence-corrected chi connectivity index (χ3v) is 1.72. The Balaban J connectivity index is 4.16. The zero-order chi connectivity index (χ0) is 12.0. The molecular weight excluding hydrogens is 196 g/mol. The monoisotopic (exact) mass is 215 g/mol. The quantitative estimate of drug-likeness (QED) is 0.669. The van der Waals surface area contributed by atoms with Gasteiger partial charge in [0.15, 0.2) is 0 Å². The first-order valence-corrected chi connectivity index (χ1v) is 5.10. The number of rotatable bonds is 5. The van der Waals surface area contributed by atoms with Gasteiger partial charge in [0.05, 0.1) is 12.0 Å². The van der Waals surface area contributed by atoms with E-state index in [-0.39, 0.29) is 12.0 Å². The fourth-order valence-corrected chi connectivity index (χ4v) is 1.15. The van der Waals surface area contributed by atoms with Gasteiger partial charge in [-0.25, -0.2) is 4.79 Å². The fourth-order valence-electron chi connectivity index (χ4n) is 1.15. The lowest BCUT2D eigenvalue weighted by Crippen LogP contribution is -2.52. The summed E-state index contributed by atoms with van der Waals surface area (Å²) in [5.74, 6) is -1.06. The predicted octanol–water partition coefficient (Wildman–Crippen LogP) is -0.141. The number of carbonyl (C=O) groups excluding carboxylic acids is 2. The number of carbonyl (C=O) groups is 2. The van der Waals surface area contributed by atoms with Crippen molar-refractivity contribution in [2.45, 2.75) is 46.2 Å². The molecule has 0 saturated carbocycles. The Labute approximate surface area is 90.2 Å². The molecule has 2 N–H and O–H groups in total. The van der Waals surface area contributed by atoms with Crippen LogP contribution in [0.25, 0.3) is 0 Å². The van der Waals surface area contributed by atoms with E-state index < -0.39 is 18.0 Å². The van der Waals surface area contributed by atoms with E-state index in [0.29, 0.717) is 6.42 Å². The summed E-state index contributed by atoms with van der Waals surface area (Å²) < 4.78 is 0. The maximum atomic E-state index is 11.2. The highest BCUT2D eigenvalue weighted by Gasteiger charge is 2.15. The summed E-state index contributed by atoms with van der Waals surface area (Å²) in [6.07, 6.45) is 0.369. The van der Waals surface area contributed by atoms with Gasteiger partial charge < -0.3 is 20.5 Å². The van der Waals surface area contributed by atoms with Crippen LogP contribution < -0.4 is 15.7 Å². The van der Waals surface area contributed by atoms with Crippen molar-refractivity contribution in [1.29, 1.82) is 0 Å². The van der Waals surface area contributed by atoms with Crippen molar-refractivity contribution >= 4 is 12.0 Å². The van der Waals surface area contributed by atoms with Gasteiger partial charge in [0.2, 0.25) is 0 Å². The van der Waals surface area contributed by atoms with Gasteiger partial charge in [0, 0.05) is 6.04 Å². The van der Waals surface area contributed by atoms with Crippen LogP contribution in [0.1, 0.15) is 34.1 Å². The molecule has 88 valence electrons. The van der Waals surface area contributed by atoms with Crippen LogP contribution in [0.5, 0.6) is 0 Å². The minimum atomic E-state index is -1.25. The number of nitrogens with one attached hydrogen (secondary N) is 2. The zero-order valence-electron chi connectivity index (χ0n) is 9.66. The molecule has 0 bridgehead atoms. The van der Waals surface area contributed by atoms with Gasteiger partial charge in [-0.3, -0.25) is 0 Å². The van der Waals surface area contributed by atoms with E-state index in [1.165, 1.54) is 0 Å². The second kappa shape index (κ2) is 6.27. The molecule has 0 aliphatic rings. The fraction of sp³-hybridized carbons (Fsp3) is 0.800. The van der Waals surface area contributed by atoms with Gasteiger partial charge >= 0.3 is 6.03 Å². The molecule has 0 saturated heterocycles. The van der Waals surface area contributed by atoms with E-state index in [4.69, 9.17) is 0 Å². The molecule has 1 atom stereocenters. The van der Waals surface area contributed by atoms with Gasteiger partial charge in [-0.2, -0.15) is 0 Å². The summed E-state index contributed by atoms with van der Waals surface area (Å²) in [6, 6.07) is -1.42. The molecule has 0 aliphatic heterocycles. The number of urea groups is 1. The predicted molar refractivity (Wildman–Crippen MR) is 55.1 cm³/mol. The standard InChI is InChI=1S/C10H20N2O3/c1-6(2)5-8(9(13)14)12-10(15)11-7(3)4/h6-8H,5H2,1-4H3,(H,13,14)(H2,11,12,15)/p-1/t8-/m0/s1. The summed E-state index contributed by atoms with van der Waals surface area (Å²) >= 11 is 0. The third-order valence-electron chi connectivity index (χ3n) is 1.72. The number of carboxylic acids is 1. The van der Waals surface area contributed by atoms with Crippen molar-refractivity contribution in [3.05, 3.63) is 0 Å². The van der Waals surface area contributed by atoms with E-state index in [2.05, 4.69) is 10.6 Å². The van der Waals surface area contributed by atoms with Crippen molar-refractivity contribution in [2.75, 3.05) is 0 Å². The number of amides is 2. The molecular formula is C10H19N2O3-. The molecule has 2 amide bonds. The second-order valence-corrected chi connectivity index (χ2v) is 4.27. The second-order valence-electron chi connectivity index (χ2n) is 4.27. The molecule has 0 rings (SSSR count). The Morgan fingerprint density at radius 3 is 2.00 bits per heavy atom. The molecule has 0 spiro atoms. The molecule has 0 aromatic rings. The maximum absolute atomic E-state index is 11.2. The highest BCUT2D eigenvalue weighted by Crippen LogP contribution is 2.03. The maximum Gasteiger partial charge on any atom is 0.315 e. The highest BCUT2D eigenvalue weighted by atomic mass is 16.4. The smallest absolute Gasteiger partial charge is 0.315 e. The van der Waals surface area contributed by atoms with Crippen molar-refractivity contribution < 1.29 is 14.7 Å². The number of carboxylic acid groups (broad SMARTS) is 1. The molecule has 0 aromatic heterocycles. The van der Waals surface area contributed by atoms with Gasteiger partial charge in [-0.15, -0.1) is 0 Å². The highest BCUT2D eigenvalue weighted by molar-refractivity contribution is 5.81. The Hall–Kier alpha value is -1.26. The van der Waals surface area contributed by atoms with E-state index in [1.54, 1.807) is 13.8 Å². The Kier molecular flexibility index (Phi) is 5.74. The Bertz CT molecular complexity index is 227. The molecule has 0 radical (unpaired) electrons. The molecule has 15 heavy (non-hydrogen) atoms. The molecule has 0 unspecified atom stereocenters. The van der Waals surface area contributed by atoms with Crippen LogP contribution >= 0.6 is 0 Å². The van der Waals surface area contributed by atoms with Gasteiger partial charge in [-0.1, -0.05) is 13.8 Å². The van der Waals surface area contributed by atoms with Crippen molar-refractivity contribution in [1.82, 2.24) is 10.6 Å². The third kappa shape index (κ3) is 6.76. The first kappa shape index (κ1) is 13.7.